The van der Waals surface area contributed by atoms with E-state index in [1.165, 1.54) is 4.90 Å². The number of aromatic amines is 1. The van der Waals surface area contributed by atoms with Gasteiger partial charge in [-0.3, -0.25) is 19.4 Å². The van der Waals surface area contributed by atoms with Crippen LogP contribution >= 0.6 is 0 Å². The Bertz CT molecular complexity index is 1050. The molecule has 4 rings (SSSR count). The number of carbonyl (C=O) groups excluding carboxylic acids is 3. The van der Waals surface area contributed by atoms with Crippen LogP contribution in [0.5, 0.6) is 0 Å². The molecule has 0 atom stereocenters. The average Bonchev–Trinajstić information content (AvgIpc) is 3.18. The van der Waals surface area contributed by atoms with Crippen molar-refractivity contribution in [3.05, 3.63) is 65.5 Å². The zero-order valence-corrected chi connectivity index (χ0v) is 15.5. The number of rotatable bonds is 3. The van der Waals surface area contributed by atoms with Crippen molar-refractivity contribution in [2.45, 2.75) is 6.92 Å². The van der Waals surface area contributed by atoms with Crippen LogP contribution in [0.3, 0.4) is 0 Å². The first-order chi connectivity index (χ1) is 13.6. The number of carbonyl (C=O) groups is 3. The highest BCUT2D eigenvalue weighted by Gasteiger charge is 2.30. The maximum Gasteiger partial charge on any atom is 0.295 e. The second-order valence-corrected chi connectivity index (χ2v) is 6.83. The van der Waals surface area contributed by atoms with E-state index in [2.05, 4.69) is 9.97 Å². The van der Waals surface area contributed by atoms with Gasteiger partial charge in [0, 0.05) is 44.1 Å². The summed E-state index contributed by atoms with van der Waals surface area (Å²) >= 11 is 0. The lowest BCUT2D eigenvalue weighted by Crippen LogP contribution is -2.52. The van der Waals surface area contributed by atoms with E-state index in [4.69, 9.17) is 0 Å². The van der Waals surface area contributed by atoms with Crippen LogP contribution in [0.25, 0.3) is 11.0 Å². The third-order valence-electron chi connectivity index (χ3n) is 5.09. The van der Waals surface area contributed by atoms with Gasteiger partial charge in [0.2, 0.25) is 0 Å². The molecule has 3 heterocycles. The lowest BCUT2D eigenvalue weighted by Gasteiger charge is -2.34. The Kier molecular flexibility index (Phi) is 4.65. The van der Waals surface area contributed by atoms with Crippen molar-refractivity contribution in [3.8, 4) is 0 Å². The van der Waals surface area contributed by atoms with Crippen LogP contribution in [0.2, 0.25) is 0 Å². The molecule has 2 aromatic heterocycles. The number of fused-ring (bicyclic) bond motifs is 1. The highest BCUT2D eigenvalue weighted by molar-refractivity contribution is 6.44. The number of piperazine rings is 1. The van der Waals surface area contributed by atoms with Gasteiger partial charge in [-0.05, 0) is 30.7 Å². The molecule has 3 aromatic rings. The molecular weight excluding hydrogens is 356 g/mol. The van der Waals surface area contributed by atoms with Crippen molar-refractivity contribution >= 4 is 28.6 Å². The number of Topliss-reactive ketones (excluding diaryl/α,β-unsaturated/α-hetero) is 1. The first-order valence-electron chi connectivity index (χ1n) is 9.17. The fourth-order valence-electron chi connectivity index (χ4n) is 3.47. The average molecular weight is 376 g/mol. The molecule has 0 spiro atoms. The van der Waals surface area contributed by atoms with Crippen molar-refractivity contribution in [1.82, 2.24) is 19.8 Å². The van der Waals surface area contributed by atoms with Crippen molar-refractivity contribution in [2.75, 3.05) is 26.2 Å². The second kappa shape index (κ2) is 7.26. The molecule has 1 fully saturated rings. The van der Waals surface area contributed by atoms with Crippen LogP contribution in [0.4, 0.5) is 0 Å². The minimum atomic E-state index is -0.577. The summed E-state index contributed by atoms with van der Waals surface area (Å²) in [5.41, 5.74) is 3.14. The Balaban J connectivity index is 1.44. The van der Waals surface area contributed by atoms with E-state index in [-0.39, 0.29) is 11.5 Å². The van der Waals surface area contributed by atoms with Gasteiger partial charge in [-0.25, -0.2) is 0 Å². The molecule has 28 heavy (non-hydrogen) atoms. The maximum absolute atomic E-state index is 12.7. The first-order valence-corrected chi connectivity index (χ1v) is 9.17. The van der Waals surface area contributed by atoms with Crippen LogP contribution in [-0.2, 0) is 4.79 Å². The summed E-state index contributed by atoms with van der Waals surface area (Å²) in [6.45, 7) is 3.38. The van der Waals surface area contributed by atoms with Gasteiger partial charge in [0.15, 0.2) is 0 Å². The van der Waals surface area contributed by atoms with Gasteiger partial charge in [-0.2, -0.15) is 0 Å². The summed E-state index contributed by atoms with van der Waals surface area (Å²) in [6.07, 6.45) is 3.17. The number of hydrogen-bond donors (Lipinski definition) is 1. The summed E-state index contributed by atoms with van der Waals surface area (Å²) in [4.78, 5) is 48.4. The van der Waals surface area contributed by atoms with Gasteiger partial charge in [0.1, 0.15) is 0 Å². The zero-order valence-electron chi connectivity index (χ0n) is 15.5. The summed E-state index contributed by atoms with van der Waals surface area (Å²) in [5, 5.41) is 0. The molecule has 1 saturated heterocycles. The normalized spacial score (nSPS) is 14.3. The van der Waals surface area contributed by atoms with Crippen molar-refractivity contribution in [1.29, 1.82) is 0 Å². The molecule has 1 aliphatic rings. The summed E-state index contributed by atoms with van der Waals surface area (Å²) in [5.74, 6) is -1.20. The largest absolute Gasteiger partial charge is 0.359 e. The Morgan fingerprint density at radius 1 is 0.964 bits per heavy atom. The summed E-state index contributed by atoms with van der Waals surface area (Å²) in [7, 11) is 0. The molecule has 0 saturated carbocycles. The predicted molar refractivity (Wildman–Crippen MR) is 104 cm³/mol. The Morgan fingerprint density at radius 3 is 2.36 bits per heavy atom. The topological polar surface area (TPSA) is 86.4 Å². The summed E-state index contributed by atoms with van der Waals surface area (Å²) in [6, 6.07) is 10.9. The smallest absolute Gasteiger partial charge is 0.295 e. The van der Waals surface area contributed by atoms with Crippen LogP contribution in [0.15, 0.2) is 48.8 Å². The standard InChI is InChI=1S/C21H20N4O3/c1-14-7-8-22-18-16(13-23-17(14)18)19(26)21(28)25-11-9-24(10-12-25)20(27)15-5-3-2-4-6-15/h2-8,13,23H,9-12H2,1H3. The number of benzene rings is 1. The number of aromatic nitrogens is 2. The van der Waals surface area contributed by atoms with E-state index < -0.39 is 11.7 Å². The molecule has 1 N–H and O–H groups in total. The fraction of sp³-hybridized carbons (Fsp3) is 0.238. The Labute approximate surface area is 162 Å². The highest BCUT2D eigenvalue weighted by Crippen LogP contribution is 2.20. The van der Waals surface area contributed by atoms with Crippen LogP contribution in [0, 0.1) is 6.92 Å². The number of nitrogens with zero attached hydrogens (tertiary/aromatic N) is 3. The van der Waals surface area contributed by atoms with E-state index in [0.29, 0.717) is 37.3 Å². The fourth-order valence-corrected chi connectivity index (χ4v) is 3.47. The van der Waals surface area contributed by atoms with Crippen molar-refractivity contribution in [3.63, 3.8) is 0 Å². The predicted octanol–water partition coefficient (Wildman–Crippen LogP) is 2.04. The third-order valence-corrected chi connectivity index (χ3v) is 5.09. The highest BCUT2D eigenvalue weighted by atomic mass is 16.2. The number of hydrogen-bond acceptors (Lipinski definition) is 4. The Hall–Kier alpha value is -3.48. The SMILES string of the molecule is Cc1ccnc2c(C(=O)C(=O)N3CCN(C(=O)c4ccccc4)CC3)c[nH]c12. The molecule has 7 nitrogen and oxygen atoms in total. The Morgan fingerprint density at radius 2 is 1.64 bits per heavy atom. The summed E-state index contributed by atoms with van der Waals surface area (Å²) < 4.78 is 0. The molecule has 0 bridgehead atoms. The van der Waals surface area contributed by atoms with E-state index in [1.54, 1.807) is 29.4 Å². The molecule has 0 aliphatic carbocycles. The zero-order chi connectivity index (χ0) is 19.7. The maximum atomic E-state index is 12.7. The van der Waals surface area contributed by atoms with Gasteiger partial charge in [0.05, 0.1) is 16.6 Å². The third kappa shape index (κ3) is 3.15. The molecule has 7 heteroatoms. The van der Waals surface area contributed by atoms with Gasteiger partial charge in [0.25, 0.3) is 17.6 Å². The lowest BCUT2D eigenvalue weighted by molar-refractivity contribution is -0.127. The lowest BCUT2D eigenvalue weighted by atomic mass is 10.1. The second-order valence-electron chi connectivity index (χ2n) is 6.83. The van der Waals surface area contributed by atoms with Crippen molar-refractivity contribution < 1.29 is 14.4 Å². The number of pyridine rings is 1. The van der Waals surface area contributed by atoms with Crippen LogP contribution in [-0.4, -0.2) is 63.5 Å². The van der Waals surface area contributed by atoms with E-state index in [9.17, 15) is 14.4 Å². The van der Waals surface area contributed by atoms with E-state index in [0.717, 1.165) is 11.1 Å². The van der Waals surface area contributed by atoms with E-state index >= 15 is 0 Å². The first kappa shape index (κ1) is 17.9. The number of amides is 2. The molecule has 0 radical (unpaired) electrons. The van der Waals surface area contributed by atoms with E-state index in [1.807, 2.05) is 31.2 Å². The monoisotopic (exact) mass is 376 g/mol. The van der Waals surface area contributed by atoms with Gasteiger partial charge < -0.3 is 14.8 Å². The number of nitrogens with one attached hydrogen (secondary N) is 1. The molecule has 2 amide bonds. The van der Waals surface area contributed by atoms with Crippen LogP contribution in [0.1, 0.15) is 26.3 Å². The molecule has 1 aromatic carbocycles. The quantitative estimate of drug-likeness (QED) is 0.560. The molecule has 1 aliphatic heterocycles. The minimum absolute atomic E-state index is 0.0599. The van der Waals surface area contributed by atoms with Crippen molar-refractivity contribution in [2.24, 2.45) is 0 Å². The molecular formula is C21H20N4O3. The number of ketones is 1. The van der Waals surface area contributed by atoms with Gasteiger partial charge in [-0.1, -0.05) is 18.2 Å². The molecule has 142 valence electrons. The van der Waals surface area contributed by atoms with Gasteiger partial charge in [-0.15, -0.1) is 0 Å². The van der Waals surface area contributed by atoms with Gasteiger partial charge >= 0.3 is 0 Å². The number of H-pyrrole nitrogens is 1. The molecule has 0 unspecified atom stereocenters. The number of aryl methyl sites for hydroxylation is 1. The van der Waals surface area contributed by atoms with Crippen LogP contribution < -0.4 is 0 Å². The minimum Gasteiger partial charge on any atom is -0.359 e.